The lowest BCUT2D eigenvalue weighted by Gasteiger charge is -2.10. The van der Waals surface area contributed by atoms with Gasteiger partial charge in [0.15, 0.2) is 0 Å². The number of rotatable bonds is 3. The van der Waals surface area contributed by atoms with Crippen molar-refractivity contribution >= 4 is 21.4 Å². The summed E-state index contributed by atoms with van der Waals surface area (Å²) < 4.78 is 29.3. The normalized spacial score (nSPS) is 16.3. The number of aliphatic hydroxyl groups excluding tert-OH is 1. The summed E-state index contributed by atoms with van der Waals surface area (Å²) in [6, 6.07) is 9.14. The van der Waals surface area contributed by atoms with Crippen molar-refractivity contribution in [3.05, 3.63) is 47.4 Å². The van der Waals surface area contributed by atoms with Gasteiger partial charge in [-0.05, 0) is 49.3 Å². The number of halogens is 2. The SMILES string of the molecule is CC(O)O.FC(F)(/C=C/C1CCCC1)c1cc2ccccc2s1. The molecule has 126 valence electrons. The summed E-state index contributed by atoms with van der Waals surface area (Å²) in [5.41, 5.74) is 0. The maximum Gasteiger partial charge on any atom is 0.300 e. The van der Waals surface area contributed by atoms with Crippen LogP contribution in [0.5, 0.6) is 0 Å². The molecular weight excluding hydrogens is 318 g/mol. The van der Waals surface area contributed by atoms with Gasteiger partial charge in [0.1, 0.15) is 6.29 Å². The molecule has 2 aromatic rings. The van der Waals surface area contributed by atoms with Gasteiger partial charge in [0.05, 0.1) is 4.88 Å². The standard InChI is InChI=1S/C16H16F2S.C2H6O2/c17-16(18,10-9-12-5-1-2-6-12)15-11-13-7-3-4-8-14(13)19-15;1-2(3)4/h3-4,7-12H,1-2,5-6H2;2-4H,1H3/b10-9+;. The van der Waals surface area contributed by atoms with Gasteiger partial charge in [0, 0.05) is 4.70 Å². The first-order chi connectivity index (χ1) is 10.9. The molecule has 1 saturated carbocycles. The maximum absolute atomic E-state index is 14.2. The smallest absolute Gasteiger partial charge is 0.300 e. The first-order valence-electron chi connectivity index (χ1n) is 7.81. The molecule has 0 amide bonds. The zero-order chi connectivity index (χ0) is 16.9. The van der Waals surface area contributed by atoms with E-state index in [1.54, 1.807) is 12.1 Å². The van der Waals surface area contributed by atoms with Crippen LogP contribution in [0, 0.1) is 5.92 Å². The van der Waals surface area contributed by atoms with E-state index in [0.29, 0.717) is 5.92 Å². The van der Waals surface area contributed by atoms with Crippen molar-refractivity contribution in [2.24, 2.45) is 5.92 Å². The fourth-order valence-electron chi connectivity index (χ4n) is 2.64. The highest BCUT2D eigenvalue weighted by atomic mass is 32.1. The Kier molecular flexibility index (Phi) is 6.27. The van der Waals surface area contributed by atoms with Crippen LogP contribution in [0.15, 0.2) is 42.5 Å². The van der Waals surface area contributed by atoms with E-state index in [-0.39, 0.29) is 4.88 Å². The van der Waals surface area contributed by atoms with E-state index in [1.807, 2.05) is 24.3 Å². The van der Waals surface area contributed by atoms with E-state index in [2.05, 4.69) is 0 Å². The lowest BCUT2D eigenvalue weighted by molar-refractivity contribution is -0.0228. The molecule has 3 rings (SSSR count). The number of hydrogen-bond donors (Lipinski definition) is 2. The predicted octanol–water partition coefficient (Wildman–Crippen LogP) is 5.06. The van der Waals surface area contributed by atoms with Crippen molar-refractivity contribution in [1.82, 2.24) is 0 Å². The Bertz CT molecular complexity index is 608. The van der Waals surface area contributed by atoms with Gasteiger partial charge in [0.2, 0.25) is 0 Å². The number of thiophene rings is 1. The summed E-state index contributed by atoms with van der Waals surface area (Å²) in [4.78, 5) is 0.142. The van der Waals surface area contributed by atoms with E-state index >= 15 is 0 Å². The van der Waals surface area contributed by atoms with Crippen LogP contribution < -0.4 is 0 Å². The minimum atomic E-state index is -2.84. The minimum absolute atomic E-state index is 0.142. The second kappa shape index (κ2) is 7.99. The zero-order valence-electron chi connectivity index (χ0n) is 13.1. The molecule has 0 unspecified atom stereocenters. The Morgan fingerprint density at radius 1 is 1.22 bits per heavy atom. The number of fused-ring (bicyclic) bond motifs is 1. The fraction of sp³-hybridized carbons (Fsp3) is 0.444. The summed E-state index contributed by atoms with van der Waals surface area (Å²) in [7, 11) is 0. The molecule has 1 fully saturated rings. The number of benzene rings is 1. The molecule has 1 aromatic heterocycles. The van der Waals surface area contributed by atoms with Gasteiger partial charge in [-0.3, -0.25) is 0 Å². The molecule has 1 aliphatic carbocycles. The molecule has 0 saturated heterocycles. The van der Waals surface area contributed by atoms with Gasteiger partial charge in [-0.2, -0.15) is 8.78 Å². The van der Waals surface area contributed by atoms with E-state index < -0.39 is 12.2 Å². The van der Waals surface area contributed by atoms with E-state index in [9.17, 15) is 8.78 Å². The Morgan fingerprint density at radius 2 is 1.83 bits per heavy atom. The Balaban J connectivity index is 0.000000433. The molecule has 0 aliphatic heterocycles. The molecule has 1 aromatic carbocycles. The highest BCUT2D eigenvalue weighted by Gasteiger charge is 2.30. The van der Waals surface area contributed by atoms with Gasteiger partial charge in [-0.15, -0.1) is 11.3 Å². The fourth-order valence-corrected chi connectivity index (χ4v) is 3.65. The van der Waals surface area contributed by atoms with Gasteiger partial charge in [0.25, 0.3) is 0 Å². The van der Waals surface area contributed by atoms with Gasteiger partial charge >= 0.3 is 5.92 Å². The molecule has 2 N–H and O–H groups in total. The lowest BCUT2D eigenvalue weighted by atomic mass is 10.1. The van der Waals surface area contributed by atoms with Crippen molar-refractivity contribution < 1.29 is 19.0 Å². The maximum atomic E-state index is 14.2. The quantitative estimate of drug-likeness (QED) is 0.606. The van der Waals surface area contributed by atoms with Crippen LogP contribution in [0.25, 0.3) is 10.1 Å². The highest BCUT2D eigenvalue weighted by Crippen LogP contribution is 2.39. The van der Waals surface area contributed by atoms with Gasteiger partial charge in [-0.25, -0.2) is 0 Å². The molecule has 0 bridgehead atoms. The monoisotopic (exact) mass is 340 g/mol. The van der Waals surface area contributed by atoms with Gasteiger partial charge in [-0.1, -0.05) is 37.1 Å². The molecule has 2 nitrogen and oxygen atoms in total. The number of alkyl halides is 2. The minimum Gasteiger partial charge on any atom is -0.368 e. The van der Waals surface area contributed by atoms with Crippen molar-refractivity contribution in [3.63, 3.8) is 0 Å². The molecule has 5 heteroatoms. The third-order valence-electron chi connectivity index (χ3n) is 3.73. The van der Waals surface area contributed by atoms with Crippen LogP contribution in [0.2, 0.25) is 0 Å². The molecule has 0 radical (unpaired) electrons. The summed E-state index contributed by atoms with van der Waals surface area (Å²) in [5.74, 6) is -2.49. The van der Waals surface area contributed by atoms with Crippen LogP contribution in [0.4, 0.5) is 8.78 Å². The number of hydrogen-bond acceptors (Lipinski definition) is 3. The van der Waals surface area contributed by atoms with Gasteiger partial charge < -0.3 is 10.2 Å². The molecule has 0 spiro atoms. The summed E-state index contributed by atoms with van der Waals surface area (Å²) in [6.45, 7) is 1.28. The van der Waals surface area contributed by atoms with E-state index in [4.69, 9.17) is 10.2 Å². The van der Waals surface area contributed by atoms with Crippen molar-refractivity contribution in [2.45, 2.75) is 44.8 Å². The predicted molar refractivity (Wildman–Crippen MR) is 90.7 cm³/mol. The van der Waals surface area contributed by atoms with Crippen LogP contribution in [-0.2, 0) is 5.92 Å². The third kappa shape index (κ3) is 5.37. The average molecular weight is 340 g/mol. The Hall–Kier alpha value is -1.30. The Labute approximate surface area is 139 Å². The average Bonchev–Trinajstić information content (AvgIpc) is 3.14. The first-order valence-corrected chi connectivity index (χ1v) is 8.62. The van der Waals surface area contributed by atoms with Crippen LogP contribution in [0.3, 0.4) is 0 Å². The molecule has 0 atom stereocenters. The third-order valence-corrected chi connectivity index (χ3v) is 4.93. The molecule has 1 heterocycles. The van der Waals surface area contributed by atoms with Crippen LogP contribution in [0.1, 0.15) is 37.5 Å². The molecule has 1 aliphatic rings. The summed E-state index contributed by atoms with van der Waals surface area (Å²) in [6.07, 6.45) is 6.11. The van der Waals surface area contributed by atoms with Crippen LogP contribution in [-0.4, -0.2) is 16.5 Å². The van der Waals surface area contributed by atoms with Crippen molar-refractivity contribution in [3.8, 4) is 0 Å². The zero-order valence-corrected chi connectivity index (χ0v) is 13.9. The van der Waals surface area contributed by atoms with E-state index in [0.717, 1.165) is 29.0 Å². The van der Waals surface area contributed by atoms with E-state index in [1.165, 1.54) is 31.1 Å². The lowest BCUT2D eigenvalue weighted by Crippen LogP contribution is -2.07. The first kappa shape index (κ1) is 18.0. The van der Waals surface area contributed by atoms with Crippen LogP contribution >= 0.6 is 11.3 Å². The number of allylic oxidation sites excluding steroid dienone is 2. The van der Waals surface area contributed by atoms with Crippen molar-refractivity contribution in [2.75, 3.05) is 0 Å². The summed E-state index contributed by atoms with van der Waals surface area (Å²) >= 11 is 1.19. The number of aliphatic hydroxyl groups is 2. The largest absolute Gasteiger partial charge is 0.368 e. The highest BCUT2D eigenvalue weighted by molar-refractivity contribution is 7.19. The van der Waals surface area contributed by atoms with Crippen molar-refractivity contribution in [1.29, 1.82) is 0 Å². The topological polar surface area (TPSA) is 40.5 Å². The summed E-state index contributed by atoms with van der Waals surface area (Å²) in [5, 5.41) is 16.1. The molecular formula is C18H22F2O2S. The second-order valence-corrected chi connectivity index (χ2v) is 6.89. The Morgan fingerprint density at radius 3 is 2.43 bits per heavy atom. The molecule has 23 heavy (non-hydrogen) atoms. The second-order valence-electron chi connectivity index (χ2n) is 5.81.